The smallest absolute Gasteiger partial charge is 0.476 e. The second kappa shape index (κ2) is 19.5. The third kappa shape index (κ3) is 10.6. The van der Waals surface area contributed by atoms with Gasteiger partial charge in [-0.1, -0.05) is 43.2 Å². The third-order valence-electron chi connectivity index (χ3n) is 13.6. The van der Waals surface area contributed by atoms with Gasteiger partial charge in [-0.3, -0.25) is 9.69 Å². The summed E-state index contributed by atoms with van der Waals surface area (Å²) in [5.74, 6) is -0.776. The molecular formula is C49H55ClF3N7O7S2. The van der Waals surface area contributed by atoms with E-state index in [4.69, 9.17) is 26.1 Å². The number of alkyl halides is 3. The first kappa shape index (κ1) is 48.7. The number of aromatic amines is 1. The molecule has 69 heavy (non-hydrogen) atoms. The summed E-state index contributed by atoms with van der Waals surface area (Å²) in [5, 5.41) is 4.26. The van der Waals surface area contributed by atoms with Crippen LogP contribution in [0.5, 0.6) is 5.88 Å². The van der Waals surface area contributed by atoms with Gasteiger partial charge in [-0.25, -0.2) is 21.6 Å². The van der Waals surface area contributed by atoms with Crippen molar-refractivity contribution in [1.82, 2.24) is 19.6 Å². The molecule has 1 amide bonds. The number of sulfonamides is 1. The summed E-state index contributed by atoms with van der Waals surface area (Å²) in [5.41, 5.74) is 0.266. The van der Waals surface area contributed by atoms with E-state index in [9.17, 15) is 34.8 Å². The molecule has 5 aromatic rings. The monoisotopic (exact) mass is 1010 g/mol. The fourth-order valence-corrected chi connectivity index (χ4v) is 11.8. The van der Waals surface area contributed by atoms with Crippen LogP contribution in [0.15, 0.2) is 94.4 Å². The molecule has 2 saturated heterocycles. The molecule has 1 aliphatic carbocycles. The second-order valence-corrected chi connectivity index (χ2v) is 23.0. The average Bonchev–Trinajstić information content (AvgIpc) is 3.69. The molecule has 20 heteroatoms. The second-order valence-electron chi connectivity index (χ2n) is 19.0. The Morgan fingerprint density at radius 3 is 2.41 bits per heavy atom. The molecule has 3 N–H and O–H groups in total. The Bertz CT molecular complexity index is 2990. The van der Waals surface area contributed by atoms with Crippen LogP contribution >= 0.6 is 11.6 Å². The van der Waals surface area contributed by atoms with E-state index in [0.717, 1.165) is 62.1 Å². The number of carbonyl (C=O) groups excluding carboxylic acids is 1. The molecule has 3 aliphatic heterocycles. The van der Waals surface area contributed by atoms with Crippen LogP contribution in [0.25, 0.3) is 16.6 Å². The number of hydrogen-bond donors (Lipinski definition) is 3. The minimum Gasteiger partial charge on any atom is -0.476 e. The van der Waals surface area contributed by atoms with Gasteiger partial charge in [0, 0.05) is 81.3 Å². The number of pyridine rings is 1. The van der Waals surface area contributed by atoms with Crippen LogP contribution in [0, 0.1) is 11.3 Å². The fraction of sp³-hybridized carbons (Fsp3) is 0.429. The molecule has 2 fully saturated rings. The van der Waals surface area contributed by atoms with Crippen molar-refractivity contribution in [3.8, 4) is 5.88 Å². The van der Waals surface area contributed by atoms with Gasteiger partial charge in [0.05, 0.1) is 28.4 Å². The van der Waals surface area contributed by atoms with E-state index in [1.807, 2.05) is 40.0 Å². The zero-order valence-corrected chi connectivity index (χ0v) is 40.8. The van der Waals surface area contributed by atoms with E-state index in [0.29, 0.717) is 92.7 Å². The zero-order valence-electron chi connectivity index (χ0n) is 38.4. The third-order valence-corrected chi connectivity index (χ3v) is 16.7. The maximum absolute atomic E-state index is 14.4. The van der Waals surface area contributed by atoms with Crippen molar-refractivity contribution in [2.45, 2.75) is 67.7 Å². The summed E-state index contributed by atoms with van der Waals surface area (Å²) < 4.78 is 110. The molecule has 368 valence electrons. The lowest BCUT2D eigenvalue weighted by Gasteiger charge is -2.39. The number of halogens is 4. The number of sulfone groups is 1. The number of nitrogens with zero attached hydrogens (tertiary/aromatic N) is 4. The lowest BCUT2D eigenvalue weighted by atomic mass is 9.72. The van der Waals surface area contributed by atoms with Gasteiger partial charge in [0.2, 0.25) is 5.88 Å². The SMILES string of the molecule is CC1(C)CCC(CN2CCN(c3ccc(C(=O)NS(=O)(=O)c4ccc(NCC5CCOCC5)c(S(=O)(=O)C(F)(F)F)c4)c(N4CCCOc5nc6[nH]ccc6cc54)c3)CC2)=C(c2ccc(Cl)cc2)C1. The van der Waals surface area contributed by atoms with Gasteiger partial charge in [0.25, 0.3) is 25.8 Å². The summed E-state index contributed by atoms with van der Waals surface area (Å²) in [7, 11) is -11.0. The number of amides is 1. The highest BCUT2D eigenvalue weighted by molar-refractivity contribution is 7.92. The van der Waals surface area contributed by atoms with Gasteiger partial charge in [0.1, 0.15) is 16.2 Å². The number of allylic oxidation sites excluding steroid dienone is 1. The van der Waals surface area contributed by atoms with Crippen molar-refractivity contribution in [2.75, 3.05) is 80.8 Å². The lowest BCUT2D eigenvalue weighted by Crippen LogP contribution is -2.47. The molecule has 9 rings (SSSR count). The Morgan fingerprint density at radius 1 is 0.913 bits per heavy atom. The van der Waals surface area contributed by atoms with Crippen LogP contribution < -0.4 is 24.6 Å². The van der Waals surface area contributed by atoms with Crippen LogP contribution in [0.2, 0.25) is 5.02 Å². The van der Waals surface area contributed by atoms with E-state index in [1.165, 1.54) is 22.8 Å². The van der Waals surface area contributed by atoms with Gasteiger partial charge in [-0.05, 0) is 122 Å². The summed E-state index contributed by atoms with van der Waals surface area (Å²) in [6, 6.07) is 19.3. The van der Waals surface area contributed by atoms with Gasteiger partial charge in [-0.15, -0.1) is 0 Å². The first-order valence-corrected chi connectivity index (χ1v) is 26.5. The van der Waals surface area contributed by atoms with E-state index < -0.39 is 46.8 Å². The number of ether oxygens (including phenoxy) is 2. The van der Waals surface area contributed by atoms with Gasteiger partial charge in [-0.2, -0.15) is 18.2 Å². The molecule has 2 aromatic heterocycles. The van der Waals surface area contributed by atoms with Crippen molar-refractivity contribution in [1.29, 1.82) is 0 Å². The molecule has 3 aromatic carbocycles. The number of hydrogen-bond acceptors (Lipinski definition) is 12. The lowest BCUT2D eigenvalue weighted by molar-refractivity contribution is -0.0435. The van der Waals surface area contributed by atoms with Crippen molar-refractivity contribution in [3.63, 3.8) is 0 Å². The Morgan fingerprint density at radius 2 is 1.67 bits per heavy atom. The fourth-order valence-electron chi connectivity index (χ4n) is 9.65. The first-order valence-electron chi connectivity index (χ1n) is 23.2. The van der Waals surface area contributed by atoms with Crippen LogP contribution in [0.1, 0.15) is 68.3 Å². The summed E-state index contributed by atoms with van der Waals surface area (Å²) >= 11 is 6.26. The van der Waals surface area contributed by atoms with Gasteiger partial charge >= 0.3 is 5.51 Å². The molecule has 5 heterocycles. The topological polar surface area (TPSA) is 166 Å². The van der Waals surface area contributed by atoms with E-state index in [1.54, 1.807) is 12.3 Å². The normalized spacial score (nSPS) is 18.7. The predicted octanol–water partition coefficient (Wildman–Crippen LogP) is 9.17. The largest absolute Gasteiger partial charge is 0.501 e. The molecule has 0 bridgehead atoms. The Labute approximate surface area is 405 Å². The Kier molecular flexibility index (Phi) is 13.7. The zero-order chi connectivity index (χ0) is 48.7. The predicted molar refractivity (Wildman–Crippen MR) is 261 cm³/mol. The quantitative estimate of drug-likeness (QED) is 0.109. The van der Waals surface area contributed by atoms with Gasteiger partial charge in [0.15, 0.2) is 0 Å². The molecule has 0 saturated carbocycles. The highest BCUT2D eigenvalue weighted by Crippen LogP contribution is 2.44. The number of H-pyrrole nitrogens is 1. The number of piperazine rings is 1. The number of fused-ring (bicyclic) bond motifs is 2. The van der Waals surface area contributed by atoms with Crippen LogP contribution in [-0.2, 0) is 24.6 Å². The van der Waals surface area contributed by atoms with Crippen molar-refractivity contribution in [3.05, 3.63) is 101 Å². The number of nitrogens with one attached hydrogen (secondary N) is 3. The summed E-state index contributed by atoms with van der Waals surface area (Å²) in [4.78, 5) is 26.7. The van der Waals surface area contributed by atoms with Gasteiger partial charge < -0.3 is 29.6 Å². The minimum atomic E-state index is -6.04. The highest BCUT2D eigenvalue weighted by atomic mass is 35.5. The molecular weight excluding hydrogens is 955 g/mol. The van der Waals surface area contributed by atoms with Crippen molar-refractivity contribution in [2.24, 2.45) is 11.3 Å². The molecule has 14 nitrogen and oxygen atoms in total. The van der Waals surface area contributed by atoms with Crippen LogP contribution in [-0.4, -0.2) is 109 Å². The molecule has 0 unspecified atom stereocenters. The van der Waals surface area contributed by atoms with Crippen LogP contribution in [0.4, 0.5) is 35.9 Å². The Hall–Kier alpha value is -5.34. The van der Waals surface area contributed by atoms with Crippen molar-refractivity contribution >= 4 is 76.7 Å². The summed E-state index contributed by atoms with van der Waals surface area (Å²) in [6.45, 7) is 10.1. The molecule has 0 radical (unpaired) electrons. The van der Waals surface area contributed by atoms with E-state index in [-0.39, 0.29) is 23.4 Å². The number of rotatable bonds is 12. The average molecular weight is 1010 g/mol. The van der Waals surface area contributed by atoms with Crippen molar-refractivity contribution < 1.29 is 44.3 Å². The number of anilines is 4. The van der Waals surface area contributed by atoms with Crippen LogP contribution in [0.3, 0.4) is 0 Å². The standard InChI is InChI=1S/C49H55ClF3N7O7S2/c1-48(2)16-12-35(40(29-48)33-4-6-36(50)7-5-33)31-58-19-21-59(22-20-58)37-8-10-39(42(27-37)60-18-3-23-67-47-43(60)26-34-13-17-54-45(34)56-47)46(61)57-69(64,65)38-9-11-41(55-30-32-14-24-66-25-15-32)44(28-38)68(62,63)49(51,52)53/h4-11,13,17,26-28,32,55H,3,12,14-16,18-25,29-31H2,1-2H3,(H,54,56)(H,57,61). The molecule has 0 spiro atoms. The summed E-state index contributed by atoms with van der Waals surface area (Å²) in [6.07, 6.45) is 6.57. The number of aromatic nitrogens is 2. The Balaban J connectivity index is 1.01. The minimum absolute atomic E-state index is 0.00685. The van der Waals surface area contributed by atoms with E-state index >= 15 is 0 Å². The number of carbonyl (C=O) groups is 1. The maximum atomic E-state index is 14.4. The molecule has 0 atom stereocenters. The maximum Gasteiger partial charge on any atom is 0.501 e. The van der Waals surface area contributed by atoms with E-state index in [2.05, 4.69) is 46.1 Å². The first-order chi connectivity index (χ1) is 32.8. The highest BCUT2D eigenvalue weighted by Gasteiger charge is 2.48. The molecule has 4 aliphatic rings. The number of benzene rings is 3.